The van der Waals surface area contributed by atoms with Gasteiger partial charge < -0.3 is 0 Å². The second-order valence-corrected chi connectivity index (χ2v) is 17.1. The van der Waals surface area contributed by atoms with E-state index in [1.807, 2.05) is 11.3 Å². The molecule has 1 heterocycles. The molecule has 0 saturated carbocycles. The highest BCUT2D eigenvalue weighted by Crippen LogP contribution is 2.45. The van der Waals surface area contributed by atoms with E-state index in [1.54, 1.807) is 0 Å². The molecular formula is C35H28SSi. The molecule has 2 heteroatoms. The number of rotatable bonds is 3. The molecule has 37 heavy (non-hydrogen) atoms. The first-order valence-electron chi connectivity index (χ1n) is 12.9. The molecule has 0 spiro atoms. The third-order valence-electron chi connectivity index (χ3n) is 7.63. The van der Waals surface area contributed by atoms with Crippen LogP contribution in [0.1, 0.15) is 0 Å². The summed E-state index contributed by atoms with van der Waals surface area (Å²) in [5.74, 6) is 0. The Hall–Kier alpha value is -3.72. The van der Waals surface area contributed by atoms with Crippen molar-refractivity contribution in [2.45, 2.75) is 19.6 Å². The predicted molar refractivity (Wildman–Crippen MR) is 168 cm³/mol. The standard InChI is InChI=1S/C35H28SSi/c1-37(2,3)27-17-13-24(14-18-27)25-15-19-30-32(21-25)28-11-7-8-12-29(28)34-31-20-16-26(22-33(31)36-35(30)34)23-9-5-4-6-10-23/h4-22H,1-3H3. The van der Waals surface area contributed by atoms with Gasteiger partial charge >= 0.3 is 0 Å². The molecule has 0 amide bonds. The van der Waals surface area contributed by atoms with Crippen LogP contribution >= 0.6 is 11.3 Å². The van der Waals surface area contributed by atoms with E-state index < -0.39 is 8.07 Å². The lowest BCUT2D eigenvalue weighted by Gasteiger charge is -2.17. The van der Waals surface area contributed by atoms with Gasteiger partial charge in [0.1, 0.15) is 0 Å². The topological polar surface area (TPSA) is 0 Å². The van der Waals surface area contributed by atoms with E-state index in [1.165, 1.54) is 69.2 Å². The van der Waals surface area contributed by atoms with E-state index in [0.717, 1.165) is 0 Å². The van der Waals surface area contributed by atoms with Crippen molar-refractivity contribution in [1.82, 2.24) is 0 Å². The molecule has 0 fully saturated rings. The number of thiophene rings is 1. The first-order valence-corrected chi connectivity index (χ1v) is 17.3. The van der Waals surface area contributed by atoms with Gasteiger partial charge in [0, 0.05) is 25.6 Å². The van der Waals surface area contributed by atoms with Crippen LogP contribution in [0.4, 0.5) is 0 Å². The minimum atomic E-state index is -1.31. The lowest BCUT2D eigenvalue weighted by atomic mass is 9.94. The second kappa shape index (κ2) is 8.41. The van der Waals surface area contributed by atoms with Crippen molar-refractivity contribution >= 4 is 66.3 Å². The maximum atomic E-state index is 2.41. The molecule has 0 unspecified atom stereocenters. The van der Waals surface area contributed by atoms with Crippen molar-refractivity contribution in [1.29, 1.82) is 0 Å². The first-order chi connectivity index (χ1) is 18.0. The Balaban J connectivity index is 1.47. The highest BCUT2D eigenvalue weighted by Gasteiger charge is 2.17. The molecule has 7 rings (SSSR count). The van der Waals surface area contributed by atoms with Crippen LogP contribution in [0, 0.1) is 0 Å². The summed E-state index contributed by atoms with van der Waals surface area (Å²) in [7, 11) is -1.31. The fraction of sp³-hybridized carbons (Fsp3) is 0.0857. The summed E-state index contributed by atoms with van der Waals surface area (Å²) in [5.41, 5.74) is 5.11. The van der Waals surface area contributed by atoms with Crippen LogP contribution in [0.15, 0.2) is 115 Å². The molecule has 0 aliphatic carbocycles. The van der Waals surface area contributed by atoms with Gasteiger partial charge in [-0.1, -0.05) is 128 Å². The number of hydrogen-bond acceptors (Lipinski definition) is 1. The van der Waals surface area contributed by atoms with Gasteiger partial charge in [-0.2, -0.15) is 0 Å². The summed E-state index contributed by atoms with van der Waals surface area (Å²) >= 11 is 1.93. The Bertz CT molecular complexity index is 1940. The zero-order valence-corrected chi connectivity index (χ0v) is 23.2. The highest BCUT2D eigenvalue weighted by atomic mass is 32.1. The van der Waals surface area contributed by atoms with Crippen molar-refractivity contribution in [3.8, 4) is 22.3 Å². The van der Waals surface area contributed by atoms with Crippen molar-refractivity contribution in [3.63, 3.8) is 0 Å². The first kappa shape index (κ1) is 22.5. The smallest absolute Gasteiger partial charge is 0.0775 e. The highest BCUT2D eigenvalue weighted by molar-refractivity contribution is 7.27. The zero-order valence-electron chi connectivity index (χ0n) is 21.4. The van der Waals surface area contributed by atoms with E-state index in [2.05, 4.69) is 135 Å². The zero-order chi connectivity index (χ0) is 25.1. The molecule has 0 N–H and O–H groups in total. The quantitative estimate of drug-likeness (QED) is 0.164. The third kappa shape index (κ3) is 3.71. The van der Waals surface area contributed by atoms with Crippen LogP contribution in [0.3, 0.4) is 0 Å². The van der Waals surface area contributed by atoms with Crippen LogP contribution in [0.5, 0.6) is 0 Å². The summed E-state index contributed by atoms with van der Waals surface area (Å²) in [6.07, 6.45) is 0. The summed E-state index contributed by atoms with van der Waals surface area (Å²) in [4.78, 5) is 0. The van der Waals surface area contributed by atoms with Gasteiger partial charge in [0.15, 0.2) is 0 Å². The largest absolute Gasteiger partial charge is 0.134 e. The Labute approximate surface area is 222 Å². The molecule has 178 valence electrons. The Morgan fingerprint density at radius 3 is 1.78 bits per heavy atom. The van der Waals surface area contributed by atoms with E-state index in [4.69, 9.17) is 0 Å². The van der Waals surface area contributed by atoms with E-state index in [-0.39, 0.29) is 0 Å². The van der Waals surface area contributed by atoms with Crippen molar-refractivity contribution < 1.29 is 0 Å². The number of fused-ring (bicyclic) bond motifs is 8. The van der Waals surface area contributed by atoms with Crippen LogP contribution in [0.2, 0.25) is 19.6 Å². The normalized spacial score (nSPS) is 12.2. The van der Waals surface area contributed by atoms with Crippen molar-refractivity contribution in [2.24, 2.45) is 0 Å². The lowest BCUT2D eigenvalue weighted by molar-refractivity contribution is 1.64. The van der Waals surface area contributed by atoms with Crippen LogP contribution in [-0.2, 0) is 0 Å². The molecule has 0 radical (unpaired) electrons. The minimum Gasteiger partial charge on any atom is -0.134 e. The summed E-state index contributed by atoms with van der Waals surface area (Å²) < 4.78 is 2.73. The molecular weight excluding hydrogens is 481 g/mol. The maximum absolute atomic E-state index is 2.41. The molecule has 7 aromatic rings. The molecule has 1 aromatic heterocycles. The lowest BCUT2D eigenvalue weighted by Crippen LogP contribution is -2.37. The SMILES string of the molecule is C[Si](C)(C)c1ccc(-c2ccc3c(c2)c2ccccc2c2c4ccc(-c5ccccc5)cc4sc32)cc1. The summed E-state index contributed by atoms with van der Waals surface area (Å²) in [6, 6.07) is 42.9. The Morgan fingerprint density at radius 2 is 1.05 bits per heavy atom. The summed E-state index contributed by atoms with van der Waals surface area (Å²) in [6.45, 7) is 7.22. The van der Waals surface area contributed by atoms with Crippen LogP contribution in [-0.4, -0.2) is 8.07 Å². The molecule has 0 saturated heterocycles. The molecule has 0 nitrogen and oxygen atoms in total. The van der Waals surface area contributed by atoms with Gasteiger partial charge in [0.2, 0.25) is 0 Å². The Morgan fingerprint density at radius 1 is 0.459 bits per heavy atom. The van der Waals surface area contributed by atoms with Gasteiger partial charge in [-0.25, -0.2) is 0 Å². The summed E-state index contributed by atoms with van der Waals surface area (Å²) in [5, 5.41) is 9.60. The molecule has 0 bridgehead atoms. The predicted octanol–water partition coefficient (Wildman–Crippen LogP) is 10.2. The molecule has 6 aromatic carbocycles. The van der Waals surface area contributed by atoms with Gasteiger partial charge in [0.05, 0.1) is 8.07 Å². The monoisotopic (exact) mass is 508 g/mol. The maximum Gasteiger partial charge on any atom is 0.0775 e. The molecule has 0 atom stereocenters. The van der Waals surface area contributed by atoms with Gasteiger partial charge in [-0.05, 0) is 50.5 Å². The van der Waals surface area contributed by atoms with Crippen LogP contribution < -0.4 is 5.19 Å². The second-order valence-electron chi connectivity index (χ2n) is 11.0. The van der Waals surface area contributed by atoms with Crippen LogP contribution in [0.25, 0.3) is 64.0 Å². The fourth-order valence-electron chi connectivity index (χ4n) is 5.61. The van der Waals surface area contributed by atoms with E-state index in [0.29, 0.717) is 0 Å². The average molecular weight is 509 g/mol. The van der Waals surface area contributed by atoms with E-state index in [9.17, 15) is 0 Å². The Kier molecular flexibility index (Phi) is 5.11. The minimum absolute atomic E-state index is 1.27. The third-order valence-corrected chi connectivity index (χ3v) is 10.9. The number of hydrogen-bond donors (Lipinski definition) is 0. The molecule has 0 aliphatic heterocycles. The van der Waals surface area contributed by atoms with Gasteiger partial charge in [-0.3, -0.25) is 0 Å². The van der Waals surface area contributed by atoms with Crippen molar-refractivity contribution in [3.05, 3.63) is 115 Å². The van der Waals surface area contributed by atoms with Gasteiger partial charge in [-0.15, -0.1) is 11.3 Å². The van der Waals surface area contributed by atoms with Crippen molar-refractivity contribution in [2.75, 3.05) is 0 Å². The van der Waals surface area contributed by atoms with E-state index >= 15 is 0 Å². The van der Waals surface area contributed by atoms with Gasteiger partial charge in [0.25, 0.3) is 0 Å². The molecule has 0 aliphatic rings. The number of benzene rings is 6. The average Bonchev–Trinajstić information content (AvgIpc) is 3.32. The fourth-order valence-corrected chi connectivity index (χ4v) is 8.07.